The van der Waals surface area contributed by atoms with E-state index in [4.69, 9.17) is 5.11 Å². The Morgan fingerprint density at radius 2 is 1.88 bits per heavy atom. The number of rotatable bonds is 1. The van der Waals surface area contributed by atoms with E-state index >= 15 is 0 Å². The summed E-state index contributed by atoms with van der Waals surface area (Å²) in [6, 6.07) is 3.49. The van der Waals surface area contributed by atoms with Gasteiger partial charge >= 0.3 is 12.3 Å². The molecule has 0 aromatic heterocycles. The van der Waals surface area contributed by atoms with Crippen LogP contribution >= 0.6 is 0 Å². The van der Waals surface area contributed by atoms with Crippen LogP contribution in [0.15, 0.2) is 24.3 Å². The molecule has 7 heteroatoms. The molecule has 0 aliphatic heterocycles. The Balaban J connectivity index is 2.99. The first-order valence-electron chi connectivity index (χ1n) is 4.02. The molecule has 0 aliphatic carbocycles. The lowest BCUT2D eigenvalue weighted by molar-refractivity contribution is -0.137. The van der Waals surface area contributed by atoms with Crippen LogP contribution < -0.4 is 5.32 Å². The van der Waals surface area contributed by atoms with Gasteiger partial charge in [-0.05, 0) is 18.2 Å². The molecule has 0 spiro atoms. The number of nitrogens with one attached hydrogen (secondary N) is 1. The molecule has 2 amide bonds. The second-order valence-electron chi connectivity index (χ2n) is 2.84. The lowest BCUT2D eigenvalue weighted by atomic mass is 10.1. The van der Waals surface area contributed by atoms with E-state index in [-0.39, 0.29) is 5.56 Å². The monoisotopic (exact) mass is 233 g/mol. The number of carbonyl (C=O) groups excluding carboxylic acids is 1. The molecule has 1 aromatic rings. The minimum Gasteiger partial charge on any atom is -0.465 e. The molecule has 0 atom stereocenters. The summed E-state index contributed by atoms with van der Waals surface area (Å²) in [6.45, 7) is 0. The summed E-state index contributed by atoms with van der Waals surface area (Å²) in [5, 5.41) is 9.67. The normalized spacial score (nSPS) is 10.9. The number of hydrogen-bond donors (Lipinski definition) is 2. The van der Waals surface area contributed by atoms with Gasteiger partial charge < -0.3 is 5.11 Å². The molecule has 16 heavy (non-hydrogen) atoms. The number of hydrogen-bond acceptors (Lipinski definition) is 2. The van der Waals surface area contributed by atoms with Crippen LogP contribution in [-0.4, -0.2) is 17.1 Å². The molecule has 1 rings (SSSR count). The molecule has 86 valence electrons. The maximum atomic E-state index is 12.2. The lowest BCUT2D eigenvalue weighted by Gasteiger charge is -2.07. The minimum absolute atomic E-state index is 0.364. The van der Waals surface area contributed by atoms with E-state index in [9.17, 15) is 22.8 Å². The van der Waals surface area contributed by atoms with Gasteiger partial charge in [-0.3, -0.25) is 10.1 Å². The van der Waals surface area contributed by atoms with Crippen LogP contribution in [0.4, 0.5) is 18.0 Å². The lowest BCUT2D eigenvalue weighted by Crippen LogP contribution is -2.28. The number of amides is 2. The van der Waals surface area contributed by atoms with Crippen molar-refractivity contribution in [3.05, 3.63) is 35.4 Å². The molecule has 0 unspecified atom stereocenters. The van der Waals surface area contributed by atoms with E-state index in [1.54, 1.807) is 0 Å². The van der Waals surface area contributed by atoms with Gasteiger partial charge in [0, 0.05) is 5.56 Å². The van der Waals surface area contributed by atoms with Crippen LogP contribution in [0, 0.1) is 0 Å². The summed E-state index contributed by atoms with van der Waals surface area (Å²) < 4.78 is 36.7. The maximum Gasteiger partial charge on any atom is 0.416 e. The van der Waals surface area contributed by atoms with E-state index in [0.717, 1.165) is 18.2 Å². The molecular weight excluding hydrogens is 227 g/mol. The number of alkyl halides is 3. The van der Waals surface area contributed by atoms with Gasteiger partial charge in [0.15, 0.2) is 0 Å². The highest BCUT2D eigenvalue weighted by molar-refractivity contribution is 6.02. The average Bonchev–Trinajstić information content (AvgIpc) is 2.15. The Morgan fingerprint density at radius 3 is 2.38 bits per heavy atom. The summed E-state index contributed by atoms with van der Waals surface area (Å²) >= 11 is 0. The third kappa shape index (κ3) is 2.97. The first-order chi connectivity index (χ1) is 7.30. The maximum absolute atomic E-state index is 12.2. The minimum atomic E-state index is -4.57. The second-order valence-corrected chi connectivity index (χ2v) is 2.84. The molecular formula is C9H6F3NO3. The van der Waals surface area contributed by atoms with Gasteiger partial charge in [-0.2, -0.15) is 13.2 Å². The Hall–Kier alpha value is -2.05. The fraction of sp³-hybridized carbons (Fsp3) is 0.111. The fourth-order valence-corrected chi connectivity index (χ4v) is 1.01. The zero-order chi connectivity index (χ0) is 12.3. The van der Waals surface area contributed by atoms with Gasteiger partial charge in [0.2, 0.25) is 0 Å². The number of carboxylic acid groups (broad SMARTS) is 1. The third-order valence-corrected chi connectivity index (χ3v) is 1.67. The first-order valence-corrected chi connectivity index (χ1v) is 4.02. The number of carbonyl (C=O) groups is 2. The molecule has 2 N–H and O–H groups in total. The van der Waals surface area contributed by atoms with Gasteiger partial charge in [-0.1, -0.05) is 6.07 Å². The predicted octanol–water partition coefficient (Wildman–Crippen LogP) is 2.11. The molecule has 0 aliphatic rings. The van der Waals surface area contributed by atoms with Gasteiger partial charge in [-0.15, -0.1) is 0 Å². The molecule has 0 radical (unpaired) electrons. The average molecular weight is 233 g/mol. The first kappa shape index (κ1) is 12.0. The van der Waals surface area contributed by atoms with Crippen molar-refractivity contribution in [2.24, 2.45) is 0 Å². The van der Waals surface area contributed by atoms with E-state index in [2.05, 4.69) is 0 Å². The zero-order valence-corrected chi connectivity index (χ0v) is 7.71. The largest absolute Gasteiger partial charge is 0.465 e. The predicted molar refractivity (Wildman–Crippen MR) is 46.9 cm³/mol. The van der Waals surface area contributed by atoms with Crippen molar-refractivity contribution in [2.75, 3.05) is 0 Å². The summed E-state index contributed by atoms with van der Waals surface area (Å²) in [5.74, 6) is -1.10. The van der Waals surface area contributed by atoms with Crippen LogP contribution in [0.25, 0.3) is 0 Å². The number of halogens is 3. The topological polar surface area (TPSA) is 66.4 Å². The quantitative estimate of drug-likeness (QED) is 0.780. The molecule has 4 nitrogen and oxygen atoms in total. The van der Waals surface area contributed by atoms with Crippen molar-refractivity contribution >= 4 is 12.0 Å². The smallest absolute Gasteiger partial charge is 0.416 e. The fourth-order valence-electron chi connectivity index (χ4n) is 1.01. The van der Waals surface area contributed by atoms with E-state index < -0.39 is 23.7 Å². The van der Waals surface area contributed by atoms with Gasteiger partial charge in [-0.25, -0.2) is 4.79 Å². The van der Waals surface area contributed by atoms with Crippen molar-refractivity contribution in [1.29, 1.82) is 0 Å². The SMILES string of the molecule is O=C(O)NC(=O)c1cccc(C(F)(F)F)c1. The van der Waals surface area contributed by atoms with Crippen molar-refractivity contribution in [2.45, 2.75) is 6.18 Å². The zero-order valence-electron chi connectivity index (χ0n) is 7.71. The number of benzene rings is 1. The van der Waals surface area contributed by atoms with E-state index in [1.165, 1.54) is 5.32 Å². The molecule has 0 saturated heterocycles. The van der Waals surface area contributed by atoms with Crippen LogP contribution in [0.3, 0.4) is 0 Å². The molecule has 1 aromatic carbocycles. The Labute approximate surface area is 87.7 Å². The number of imide groups is 1. The van der Waals surface area contributed by atoms with Crippen LogP contribution in [0.1, 0.15) is 15.9 Å². The third-order valence-electron chi connectivity index (χ3n) is 1.67. The molecule has 0 bridgehead atoms. The van der Waals surface area contributed by atoms with Crippen molar-refractivity contribution in [3.8, 4) is 0 Å². The summed E-state index contributed by atoms with van der Waals surface area (Å²) in [4.78, 5) is 21.2. The standard InChI is InChI=1S/C9H6F3NO3/c10-9(11,12)6-3-1-2-5(4-6)7(14)13-8(15)16/h1-4H,(H,13,14)(H,15,16). The van der Waals surface area contributed by atoms with E-state index in [1.807, 2.05) is 0 Å². The molecule has 0 fully saturated rings. The molecule has 0 saturated carbocycles. The molecule has 0 heterocycles. The van der Waals surface area contributed by atoms with Crippen molar-refractivity contribution in [3.63, 3.8) is 0 Å². The Morgan fingerprint density at radius 1 is 1.25 bits per heavy atom. The van der Waals surface area contributed by atoms with Crippen molar-refractivity contribution < 1.29 is 27.9 Å². The second kappa shape index (κ2) is 4.21. The Kier molecular flexibility index (Phi) is 3.17. The van der Waals surface area contributed by atoms with Crippen LogP contribution in [-0.2, 0) is 6.18 Å². The van der Waals surface area contributed by atoms with Crippen molar-refractivity contribution in [1.82, 2.24) is 5.32 Å². The van der Waals surface area contributed by atoms with E-state index in [0.29, 0.717) is 6.07 Å². The highest BCUT2D eigenvalue weighted by Crippen LogP contribution is 2.29. The highest BCUT2D eigenvalue weighted by atomic mass is 19.4. The Bertz CT molecular complexity index is 428. The van der Waals surface area contributed by atoms with Gasteiger partial charge in [0.1, 0.15) is 0 Å². The summed E-state index contributed by atoms with van der Waals surface area (Å²) in [5.41, 5.74) is -1.37. The van der Waals surface area contributed by atoms with Gasteiger partial charge in [0.05, 0.1) is 5.56 Å². The van der Waals surface area contributed by atoms with Crippen LogP contribution in [0.5, 0.6) is 0 Å². The highest BCUT2D eigenvalue weighted by Gasteiger charge is 2.30. The summed E-state index contributed by atoms with van der Waals surface area (Å²) in [6.07, 6.45) is -6.19. The van der Waals surface area contributed by atoms with Gasteiger partial charge in [0.25, 0.3) is 5.91 Å². The van der Waals surface area contributed by atoms with Crippen LogP contribution in [0.2, 0.25) is 0 Å². The summed E-state index contributed by atoms with van der Waals surface area (Å²) in [7, 11) is 0.